The number of rotatable bonds is 7. The number of nitrogens with zero attached hydrogens (tertiary/aromatic N) is 2. The summed E-state index contributed by atoms with van der Waals surface area (Å²) in [5.41, 5.74) is 2.89. The lowest BCUT2D eigenvalue weighted by Crippen LogP contribution is -2.53. The van der Waals surface area contributed by atoms with Gasteiger partial charge in [0.15, 0.2) is 16.6 Å². The molecule has 0 bridgehead atoms. The Labute approximate surface area is 217 Å². The van der Waals surface area contributed by atoms with Crippen LogP contribution in [0.3, 0.4) is 0 Å². The minimum absolute atomic E-state index is 0.164. The van der Waals surface area contributed by atoms with E-state index in [2.05, 4.69) is 58.7 Å². The molecular formula is C28H31N3O4S. The van der Waals surface area contributed by atoms with Crippen LogP contribution < -0.4 is 19.5 Å². The van der Waals surface area contributed by atoms with Gasteiger partial charge in [-0.15, -0.1) is 0 Å². The first-order valence-electron chi connectivity index (χ1n) is 11.8. The molecule has 7 nitrogen and oxygen atoms in total. The fourth-order valence-electron chi connectivity index (χ4n) is 4.53. The highest BCUT2D eigenvalue weighted by Gasteiger charge is 2.28. The number of hydrogen-bond donors (Lipinski definition) is 1. The van der Waals surface area contributed by atoms with E-state index >= 15 is 0 Å². The first-order valence-corrected chi connectivity index (χ1v) is 12.2. The van der Waals surface area contributed by atoms with E-state index in [4.69, 9.17) is 26.4 Å². The van der Waals surface area contributed by atoms with Gasteiger partial charge in [0.25, 0.3) is 5.91 Å². The molecule has 3 aromatic rings. The van der Waals surface area contributed by atoms with Crippen LogP contribution >= 0.6 is 12.2 Å². The smallest absolute Gasteiger partial charge is 0.257 e. The molecule has 4 rings (SSSR count). The third-order valence-electron chi connectivity index (χ3n) is 6.34. The summed E-state index contributed by atoms with van der Waals surface area (Å²) in [5, 5.41) is 3.27. The second-order valence-electron chi connectivity index (χ2n) is 8.42. The molecule has 0 saturated carbocycles. The van der Waals surface area contributed by atoms with Crippen molar-refractivity contribution in [2.45, 2.75) is 6.04 Å². The van der Waals surface area contributed by atoms with Gasteiger partial charge in [-0.3, -0.25) is 15.0 Å². The summed E-state index contributed by atoms with van der Waals surface area (Å²) in [6.45, 7) is 3.05. The maximum Gasteiger partial charge on any atom is 0.257 e. The molecule has 1 amide bonds. The van der Waals surface area contributed by atoms with Crippen LogP contribution in [0.2, 0.25) is 0 Å². The van der Waals surface area contributed by atoms with Crippen LogP contribution in [0.25, 0.3) is 0 Å². The van der Waals surface area contributed by atoms with E-state index in [-0.39, 0.29) is 11.9 Å². The molecule has 1 aliphatic heterocycles. The molecule has 1 fully saturated rings. The largest absolute Gasteiger partial charge is 0.493 e. The lowest BCUT2D eigenvalue weighted by molar-refractivity contribution is 0.0966. The SMILES string of the molecule is COc1cc(C(=O)NC(=S)N2CCN(C(c3ccccc3)c3ccccc3)CC2)cc(OC)c1OC. The van der Waals surface area contributed by atoms with E-state index in [9.17, 15) is 4.79 Å². The minimum Gasteiger partial charge on any atom is -0.493 e. The third-order valence-corrected chi connectivity index (χ3v) is 6.70. The van der Waals surface area contributed by atoms with Crippen LogP contribution in [0.4, 0.5) is 0 Å². The van der Waals surface area contributed by atoms with Gasteiger partial charge in [0.05, 0.1) is 27.4 Å². The lowest BCUT2D eigenvalue weighted by Gasteiger charge is -2.40. The van der Waals surface area contributed by atoms with Crippen molar-refractivity contribution in [3.63, 3.8) is 0 Å². The minimum atomic E-state index is -0.326. The van der Waals surface area contributed by atoms with Crippen molar-refractivity contribution in [3.05, 3.63) is 89.5 Å². The standard InChI is InChI=1S/C28H31N3O4S/c1-33-23-18-22(19-24(34-2)26(23)35-3)27(32)29-28(36)31-16-14-30(15-17-31)25(20-10-6-4-7-11-20)21-12-8-5-9-13-21/h4-13,18-19,25H,14-17H2,1-3H3,(H,29,32,36). The van der Waals surface area contributed by atoms with E-state index < -0.39 is 0 Å². The number of carbonyl (C=O) groups is 1. The topological polar surface area (TPSA) is 63.3 Å². The molecule has 0 atom stereocenters. The Bertz CT molecular complexity index is 1120. The van der Waals surface area contributed by atoms with Crippen molar-refractivity contribution in [2.75, 3.05) is 47.5 Å². The van der Waals surface area contributed by atoms with Crippen molar-refractivity contribution in [1.29, 1.82) is 0 Å². The van der Waals surface area contributed by atoms with Gasteiger partial charge in [0.1, 0.15) is 0 Å². The van der Waals surface area contributed by atoms with Crippen molar-refractivity contribution in [2.24, 2.45) is 0 Å². The number of ether oxygens (including phenoxy) is 3. The predicted molar refractivity (Wildman–Crippen MR) is 144 cm³/mol. The van der Waals surface area contributed by atoms with Gasteiger partial charge in [-0.25, -0.2) is 0 Å². The Morgan fingerprint density at radius 2 is 1.31 bits per heavy atom. The van der Waals surface area contributed by atoms with Gasteiger partial charge >= 0.3 is 0 Å². The number of hydrogen-bond acceptors (Lipinski definition) is 6. The normalized spacial score (nSPS) is 13.8. The molecule has 36 heavy (non-hydrogen) atoms. The first-order chi connectivity index (χ1) is 17.5. The zero-order chi connectivity index (χ0) is 25.5. The summed E-state index contributed by atoms with van der Waals surface area (Å²) in [5.74, 6) is 0.929. The molecule has 1 saturated heterocycles. The molecule has 0 aromatic heterocycles. The van der Waals surface area contributed by atoms with Gasteiger partial charge < -0.3 is 19.1 Å². The second kappa shape index (κ2) is 11.9. The highest BCUT2D eigenvalue weighted by molar-refractivity contribution is 7.80. The molecule has 0 spiro atoms. The highest BCUT2D eigenvalue weighted by atomic mass is 32.1. The Balaban J connectivity index is 1.43. The average molecular weight is 506 g/mol. The predicted octanol–water partition coefficient (Wildman–Crippen LogP) is 4.13. The van der Waals surface area contributed by atoms with E-state index in [1.54, 1.807) is 12.1 Å². The summed E-state index contributed by atoms with van der Waals surface area (Å²) in [6.07, 6.45) is 0. The Kier molecular flexibility index (Phi) is 8.40. The number of amides is 1. The van der Waals surface area contributed by atoms with Gasteiger partial charge in [-0.05, 0) is 35.5 Å². The van der Waals surface area contributed by atoms with E-state index in [0.717, 1.165) is 13.1 Å². The zero-order valence-corrected chi connectivity index (χ0v) is 21.6. The van der Waals surface area contributed by atoms with Gasteiger partial charge in [-0.1, -0.05) is 60.7 Å². The number of carbonyl (C=O) groups excluding carboxylic acids is 1. The highest BCUT2D eigenvalue weighted by Crippen LogP contribution is 2.38. The number of nitrogens with one attached hydrogen (secondary N) is 1. The Morgan fingerprint density at radius 1 is 0.806 bits per heavy atom. The maximum atomic E-state index is 13.0. The Hall–Kier alpha value is -3.62. The van der Waals surface area contributed by atoms with E-state index in [1.165, 1.54) is 32.5 Å². The Morgan fingerprint density at radius 3 is 1.75 bits per heavy atom. The molecule has 0 aliphatic carbocycles. The van der Waals surface area contributed by atoms with Crippen molar-refractivity contribution in [1.82, 2.24) is 15.1 Å². The van der Waals surface area contributed by atoms with Crippen LogP contribution in [-0.2, 0) is 0 Å². The van der Waals surface area contributed by atoms with E-state index in [1.807, 2.05) is 17.0 Å². The van der Waals surface area contributed by atoms with Gasteiger partial charge in [-0.2, -0.15) is 0 Å². The average Bonchev–Trinajstić information content (AvgIpc) is 2.93. The molecule has 1 aliphatic rings. The van der Waals surface area contributed by atoms with Crippen molar-refractivity contribution < 1.29 is 19.0 Å². The summed E-state index contributed by atoms with van der Waals surface area (Å²) < 4.78 is 16.1. The molecule has 0 radical (unpaired) electrons. The summed E-state index contributed by atoms with van der Waals surface area (Å²) in [6, 6.07) is 24.5. The monoisotopic (exact) mass is 505 g/mol. The first kappa shape index (κ1) is 25.5. The number of thiocarbonyl (C=S) groups is 1. The van der Waals surface area contributed by atoms with E-state index in [0.29, 0.717) is 41.0 Å². The van der Waals surface area contributed by atoms with Gasteiger partial charge in [0.2, 0.25) is 5.75 Å². The molecule has 188 valence electrons. The fraction of sp³-hybridized carbons (Fsp3) is 0.286. The molecule has 8 heteroatoms. The maximum absolute atomic E-state index is 13.0. The molecular weight excluding hydrogens is 474 g/mol. The summed E-state index contributed by atoms with van der Waals surface area (Å²) in [7, 11) is 4.55. The van der Waals surface area contributed by atoms with Crippen LogP contribution in [0.5, 0.6) is 17.2 Å². The lowest BCUT2D eigenvalue weighted by atomic mass is 9.96. The van der Waals surface area contributed by atoms with Crippen LogP contribution in [-0.4, -0.2) is 68.3 Å². The summed E-state index contributed by atoms with van der Waals surface area (Å²) >= 11 is 5.60. The quantitative estimate of drug-likeness (QED) is 0.485. The number of methoxy groups -OCH3 is 3. The third kappa shape index (κ3) is 5.61. The number of piperazine rings is 1. The number of benzene rings is 3. The molecule has 0 unspecified atom stereocenters. The zero-order valence-electron chi connectivity index (χ0n) is 20.8. The van der Waals surface area contributed by atoms with Gasteiger partial charge in [0, 0.05) is 31.7 Å². The van der Waals surface area contributed by atoms with Crippen molar-refractivity contribution >= 4 is 23.2 Å². The van der Waals surface area contributed by atoms with Crippen LogP contribution in [0.1, 0.15) is 27.5 Å². The van der Waals surface area contributed by atoms with Crippen molar-refractivity contribution in [3.8, 4) is 17.2 Å². The summed E-state index contributed by atoms with van der Waals surface area (Å²) in [4.78, 5) is 17.5. The molecule has 3 aromatic carbocycles. The van der Waals surface area contributed by atoms with Crippen LogP contribution in [0.15, 0.2) is 72.8 Å². The molecule has 1 heterocycles. The fourth-order valence-corrected chi connectivity index (χ4v) is 4.80. The van der Waals surface area contributed by atoms with Crippen LogP contribution in [0, 0.1) is 0 Å². The second-order valence-corrected chi connectivity index (χ2v) is 8.81. The molecule has 1 N–H and O–H groups in total.